The number of rotatable bonds is 5. The largest absolute Gasteiger partial charge is 0.504 e. The summed E-state index contributed by atoms with van der Waals surface area (Å²) in [5.74, 6) is 1.80. The van der Waals surface area contributed by atoms with E-state index in [4.69, 9.17) is 30.2 Å². The summed E-state index contributed by atoms with van der Waals surface area (Å²) in [6, 6.07) is 8.44. The van der Waals surface area contributed by atoms with Crippen molar-refractivity contribution in [3.8, 4) is 45.6 Å². The first-order valence-corrected chi connectivity index (χ1v) is 7.69. The van der Waals surface area contributed by atoms with Crippen LogP contribution in [-0.2, 0) is 0 Å². The van der Waals surface area contributed by atoms with Crippen molar-refractivity contribution in [2.24, 2.45) is 0 Å². The zero-order chi connectivity index (χ0) is 18.0. The number of phenols is 1. The minimum Gasteiger partial charge on any atom is -0.504 e. The summed E-state index contributed by atoms with van der Waals surface area (Å²) in [5, 5.41) is 10.4. The monoisotopic (exact) mass is 361 g/mol. The zero-order valence-electron chi connectivity index (χ0n) is 13.9. The molecule has 6 nitrogen and oxygen atoms in total. The molecule has 0 bridgehead atoms. The van der Waals surface area contributed by atoms with Gasteiger partial charge in [0.15, 0.2) is 35.2 Å². The Labute approximate surface area is 149 Å². The van der Waals surface area contributed by atoms with E-state index in [2.05, 4.69) is 4.98 Å². The van der Waals surface area contributed by atoms with Gasteiger partial charge in [-0.1, -0.05) is 11.6 Å². The first-order valence-electron chi connectivity index (χ1n) is 7.31. The van der Waals surface area contributed by atoms with Crippen LogP contribution in [0.1, 0.15) is 0 Å². The summed E-state index contributed by atoms with van der Waals surface area (Å²) < 4.78 is 21.2. The highest BCUT2D eigenvalue weighted by Gasteiger charge is 2.18. The summed E-state index contributed by atoms with van der Waals surface area (Å²) in [7, 11) is 4.54. The van der Waals surface area contributed by atoms with E-state index in [1.165, 1.54) is 27.7 Å². The number of phenolic OH excluding ortho intramolecular Hbond substituents is 1. The summed E-state index contributed by atoms with van der Waals surface area (Å²) in [6.07, 6.45) is 1.33. The van der Waals surface area contributed by atoms with Crippen molar-refractivity contribution in [3.05, 3.63) is 41.7 Å². The molecule has 25 heavy (non-hydrogen) atoms. The number of methoxy groups -OCH3 is 3. The number of oxazole rings is 1. The number of nitrogens with zero attached hydrogens (tertiary/aromatic N) is 1. The van der Waals surface area contributed by atoms with Gasteiger partial charge in [-0.2, -0.15) is 0 Å². The molecule has 0 atom stereocenters. The van der Waals surface area contributed by atoms with Gasteiger partial charge >= 0.3 is 0 Å². The van der Waals surface area contributed by atoms with Gasteiger partial charge in [-0.25, -0.2) is 4.98 Å². The number of ether oxygens (including phenoxy) is 3. The first-order chi connectivity index (χ1) is 12.1. The van der Waals surface area contributed by atoms with Gasteiger partial charge < -0.3 is 23.7 Å². The second-order valence-corrected chi connectivity index (χ2v) is 5.52. The van der Waals surface area contributed by atoms with Crippen molar-refractivity contribution in [1.82, 2.24) is 4.98 Å². The molecule has 1 aromatic heterocycles. The van der Waals surface area contributed by atoms with Crippen LogP contribution in [0.4, 0.5) is 0 Å². The Hall–Kier alpha value is -2.86. The van der Waals surface area contributed by atoms with Gasteiger partial charge in [-0.05, 0) is 30.3 Å². The van der Waals surface area contributed by atoms with Crippen LogP contribution in [-0.4, -0.2) is 31.4 Å². The molecular weight excluding hydrogens is 346 g/mol. The third kappa shape index (κ3) is 3.08. The van der Waals surface area contributed by atoms with Crippen LogP contribution < -0.4 is 14.2 Å². The Bertz CT molecular complexity index is 906. The van der Waals surface area contributed by atoms with E-state index in [1.54, 1.807) is 30.3 Å². The standard InChI is InChI=1S/C18H16ClNO5/c1-22-14-5-4-10(7-13(14)21)17-16(20-9-25-17)11-6-12(19)18(24-3)15(8-11)23-2/h4-9,21H,1-3H3. The van der Waals surface area contributed by atoms with Crippen LogP contribution in [0.5, 0.6) is 23.0 Å². The maximum atomic E-state index is 10.0. The molecule has 1 heterocycles. The van der Waals surface area contributed by atoms with Crippen molar-refractivity contribution >= 4 is 11.6 Å². The molecule has 0 radical (unpaired) electrons. The lowest BCUT2D eigenvalue weighted by atomic mass is 10.0. The van der Waals surface area contributed by atoms with Crippen LogP contribution in [0.15, 0.2) is 41.1 Å². The predicted octanol–water partition coefficient (Wildman–Crippen LogP) is 4.39. The highest BCUT2D eigenvalue weighted by atomic mass is 35.5. The molecule has 3 aromatic rings. The fourth-order valence-electron chi connectivity index (χ4n) is 2.54. The van der Waals surface area contributed by atoms with Crippen LogP contribution >= 0.6 is 11.6 Å². The van der Waals surface area contributed by atoms with Crippen molar-refractivity contribution in [2.45, 2.75) is 0 Å². The number of hydrogen-bond acceptors (Lipinski definition) is 6. The van der Waals surface area contributed by atoms with Gasteiger partial charge in [0, 0.05) is 11.1 Å². The lowest BCUT2D eigenvalue weighted by molar-refractivity contribution is 0.355. The third-order valence-corrected chi connectivity index (χ3v) is 4.00. The molecule has 0 aliphatic rings. The molecule has 7 heteroatoms. The number of benzene rings is 2. The molecule has 0 aliphatic carbocycles. The minimum atomic E-state index is 0.00712. The second kappa shape index (κ2) is 6.94. The minimum absolute atomic E-state index is 0.00712. The third-order valence-electron chi connectivity index (χ3n) is 3.72. The quantitative estimate of drug-likeness (QED) is 0.726. The molecule has 3 rings (SSSR count). The highest BCUT2D eigenvalue weighted by molar-refractivity contribution is 6.32. The Balaban J connectivity index is 2.11. The van der Waals surface area contributed by atoms with E-state index in [9.17, 15) is 5.11 Å². The molecule has 2 aromatic carbocycles. The molecule has 0 spiro atoms. The fraction of sp³-hybridized carbons (Fsp3) is 0.167. The molecule has 0 unspecified atom stereocenters. The zero-order valence-corrected chi connectivity index (χ0v) is 14.6. The lowest BCUT2D eigenvalue weighted by Crippen LogP contribution is -1.93. The maximum Gasteiger partial charge on any atom is 0.182 e. The van der Waals surface area contributed by atoms with Gasteiger partial charge in [0.1, 0.15) is 5.69 Å². The van der Waals surface area contributed by atoms with Gasteiger partial charge in [0.2, 0.25) is 0 Å². The van der Waals surface area contributed by atoms with Crippen LogP contribution in [0.25, 0.3) is 22.6 Å². The smallest absolute Gasteiger partial charge is 0.182 e. The number of halogens is 1. The second-order valence-electron chi connectivity index (χ2n) is 5.11. The molecular formula is C18H16ClNO5. The van der Waals surface area contributed by atoms with Crippen LogP contribution in [0.2, 0.25) is 5.02 Å². The summed E-state index contributed by atoms with van der Waals surface area (Å²) in [4.78, 5) is 4.27. The van der Waals surface area contributed by atoms with E-state index in [1.807, 2.05) is 0 Å². The van der Waals surface area contributed by atoms with Gasteiger partial charge in [-0.15, -0.1) is 0 Å². The summed E-state index contributed by atoms with van der Waals surface area (Å²) >= 11 is 6.27. The molecule has 0 fully saturated rings. The SMILES string of the molecule is COc1ccc(-c2ocnc2-c2cc(Cl)c(OC)c(OC)c2)cc1O. The molecule has 0 saturated carbocycles. The van der Waals surface area contributed by atoms with E-state index in [-0.39, 0.29) is 5.75 Å². The van der Waals surface area contributed by atoms with Crippen LogP contribution in [0, 0.1) is 0 Å². The predicted molar refractivity (Wildman–Crippen MR) is 93.7 cm³/mol. The maximum absolute atomic E-state index is 10.0. The average Bonchev–Trinajstić information content (AvgIpc) is 3.10. The lowest BCUT2D eigenvalue weighted by Gasteiger charge is -2.11. The van der Waals surface area contributed by atoms with Crippen molar-refractivity contribution in [3.63, 3.8) is 0 Å². The first kappa shape index (κ1) is 17.0. The normalized spacial score (nSPS) is 10.6. The highest BCUT2D eigenvalue weighted by Crippen LogP contribution is 2.42. The number of hydrogen-bond donors (Lipinski definition) is 1. The van der Waals surface area contributed by atoms with Gasteiger partial charge in [0.05, 0.1) is 26.4 Å². The molecule has 0 saturated heterocycles. The Morgan fingerprint density at radius 2 is 1.72 bits per heavy atom. The van der Waals surface area contributed by atoms with Crippen molar-refractivity contribution in [2.75, 3.05) is 21.3 Å². The number of aromatic hydroxyl groups is 1. The molecule has 0 amide bonds. The van der Waals surface area contributed by atoms with Gasteiger partial charge in [0.25, 0.3) is 0 Å². The molecule has 1 N–H and O–H groups in total. The fourth-order valence-corrected chi connectivity index (χ4v) is 2.83. The van der Waals surface area contributed by atoms with Crippen molar-refractivity contribution in [1.29, 1.82) is 0 Å². The van der Waals surface area contributed by atoms with E-state index >= 15 is 0 Å². The van der Waals surface area contributed by atoms with Gasteiger partial charge in [-0.3, -0.25) is 0 Å². The molecule has 0 aliphatic heterocycles. The van der Waals surface area contributed by atoms with E-state index in [0.29, 0.717) is 44.9 Å². The summed E-state index contributed by atoms with van der Waals surface area (Å²) in [5.41, 5.74) is 1.91. The average molecular weight is 362 g/mol. The Morgan fingerprint density at radius 1 is 0.960 bits per heavy atom. The summed E-state index contributed by atoms with van der Waals surface area (Å²) in [6.45, 7) is 0. The topological polar surface area (TPSA) is 74.0 Å². The Kier molecular flexibility index (Phi) is 4.72. The van der Waals surface area contributed by atoms with Crippen LogP contribution in [0.3, 0.4) is 0 Å². The van der Waals surface area contributed by atoms with E-state index in [0.717, 1.165) is 0 Å². The Morgan fingerprint density at radius 3 is 2.36 bits per heavy atom. The number of aromatic nitrogens is 1. The molecule has 130 valence electrons. The van der Waals surface area contributed by atoms with Crippen molar-refractivity contribution < 1.29 is 23.7 Å². The van der Waals surface area contributed by atoms with E-state index < -0.39 is 0 Å².